The third-order valence-corrected chi connectivity index (χ3v) is 9.13. The summed E-state index contributed by atoms with van der Waals surface area (Å²) in [6.07, 6.45) is 3.42. The predicted molar refractivity (Wildman–Crippen MR) is 171 cm³/mol. The van der Waals surface area contributed by atoms with Gasteiger partial charge in [-0.2, -0.15) is 5.10 Å². The molecule has 47 heavy (non-hydrogen) atoms. The maximum absolute atomic E-state index is 13.1. The number of fused-ring (bicyclic) bond motifs is 1. The van der Waals surface area contributed by atoms with Gasteiger partial charge in [0, 0.05) is 48.7 Å². The number of ether oxygens (including phenoxy) is 2. The van der Waals surface area contributed by atoms with Crippen LogP contribution in [0.2, 0.25) is 0 Å². The van der Waals surface area contributed by atoms with Crippen molar-refractivity contribution in [3.8, 4) is 17.4 Å². The van der Waals surface area contributed by atoms with Crippen molar-refractivity contribution in [3.63, 3.8) is 0 Å². The summed E-state index contributed by atoms with van der Waals surface area (Å²) in [5.41, 5.74) is 3.30. The monoisotopic (exact) mass is 631 g/mol. The molecule has 0 spiro atoms. The van der Waals surface area contributed by atoms with Gasteiger partial charge in [0.25, 0.3) is 11.8 Å². The van der Waals surface area contributed by atoms with Crippen molar-refractivity contribution >= 4 is 29.3 Å². The van der Waals surface area contributed by atoms with Crippen LogP contribution >= 0.6 is 0 Å². The molecule has 1 saturated carbocycles. The minimum absolute atomic E-state index is 0.0499. The highest BCUT2D eigenvalue weighted by Gasteiger charge is 2.44. The third kappa shape index (κ3) is 5.92. The van der Waals surface area contributed by atoms with Crippen LogP contribution in [-0.2, 0) is 15.0 Å². The molecule has 1 aromatic heterocycles. The second-order valence-electron chi connectivity index (χ2n) is 12.6. The maximum Gasteiger partial charge on any atom is 0.262 e. The van der Waals surface area contributed by atoms with Gasteiger partial charge < -0.3 is 14.8 Å². The molecule has 2 N–H and O–H groups in total. The van der Waals surface area contributed by atoms with Crippen LogP contribution in [0.5, 0.6) is 17.4 Å². The van der Waals surface area contributed by atoms with Crippen LogP contribution in [0.1, 0.15) is 71.4 Å². The average Bonchev–Trinajstić information content (AvgIpc) is 3.29. The second kappa shape index (κ2) is 12.0. The fourth-order valence-corrected chi connectivity index (χ4v) is 6.29. The molecule has 4 aromatic rings. The molecular weight excluding hydrogens is 598 g/mol. The Kier molecular flexibility index (Phi) is 7.67. The van der Waals surface area contributed by atoms with Gasteiger partial charge in [0.15, 0.2) is 0 Å². The van der Waals surface area contributed by atoms with Crippen molar-refractivity contribution in [2.24, 2.45) is 0 Å². The molecule has 238 valence electrons. The number of carbonyl (C=O) groups excluding carboxylic acids is 4. The summed E-state index contributed by atoms with van der Waals surface area (Å²) in [6, 6.07) is 23.9. The topological polar surface area (TPSA) is 140 Å². The largest absolute Gasteiger partial charge is 0.490 e. The SMILES string of the molecule is CC(C)(c1ccc(Oc2cccnn2)cc1)c1ccc(OC2CC(Nc3ccc4c(c3)C(=O)N(C3CCC(=O)NC3=O)C4=O)C2)cc1. The molecule has 2 aliphatic heterocycles. The average molecular weight is 632 g/mol. The number of amides is 4. The van der Waals surface area contributed by atoms with E-state index in [1.165, 1.54) is 0 Å². The van der Waals surface area contributed by atoms with E-state index in [2.05, 4.69) is 58.9 Å². The molecule has 0 bridgehead atoms. The zero-order valence-corrected chi connectivity index (χ0v) is 25.9. The van der Waals surface area contributed by atoms with Crippen LogP contribution in [0.3, 0.4) is 0 Å². The van der Waals surface area contributed by atoms with Crippen LogP contribution in [0.15, 0.2) is 85.1 Å². The van der Waals surface area contributed by atoms with Gasteiger partial charge in [-0.05, 0) is 66.1 Å². The van der Waals surface area contributed by atoms with Gasteiger partial charge in [0.2, 0.25) is 17.7 Å². The quantitative estimate of drug-likeness (QED) is 0.244. The Hall–Kier alpha value is -5.58. The van der Waals surface area contributed by atoms with Crippen molar-refractivity contribution < 1.29 is 28.7 Å². The molecule has 3 aliphatic rings. The van der Waals surface area contributed by atoms with Crippen molar-refractivity contribution in [2.45, 2.75) is 63.1 Å². The molecule has 4 amide bonds. The molecule has 0 radical (unpaired) electrons. The zero-order chi connectivity index (χ0) is 32.7. The number of benzene rings is 3. The van der Waals surface area contributed by atoms with Crippen LogP contribution < -0.4 is 20.1 Å². The van der Waals surface area contributed by atoms with Crippen LogP contribution in [-0.4, -0.2) is 56.9 Å². The lowest BCUT2D eigenvalue weighted by atomic mass is 9.78. The molecule has 1 aliphatic carbocycles. The highest BCUT2D eigenvalue weighted by Crippen LogP contribution is 2.36. The first-order valence-electron chi connectivity index (χ1n) is 15.6. The highest BCUT2D eigenvalue weighted by atomic mass is 16.5. The van der Waals surface area contributed by atoms with Crippen LogP contribution in [0.4, 0.5) is 5.69 Å². The third-order valence-electron chi connectivity index (χ3n) is 9.13. The first kappa shape index (κ1) is 30.1. The molecule has 3 aromatic carbocycles. The van der Waals surface area contributed by atoms with E-state index in [9.17, 15) is 19.2 Å². The number of rotatable bonds is 9. The maximum atomic E-state index is 13.1. The Bertz CT molecular complexity index is 1850. The summed E-state index contributed by atoms with van der Waals surface area (Å²) in [6.45, 7) is 4.36. The molecule has 11 heteroatoms. The van der Waals surface area contributed by atoms with E-state index in [4.69, 9.17) is 9.47 Å². The molecule has 11 nitrogen and oxygen atoms in total. The number of nitrogens with one attached hydrogen (secondary N) is 2. The van der Waals surface area contributed by atoms with E-state index in [1.807, 2.05) is 24.3 Å². The molecule has 1 saturated heterocycles. The minimum Gasteiger partial charge on any atom is -0.490 e. The molecule has 1 unspecified atom stereocenters. The van der Waals surface area contributed by atoms with Crippen molar-refractivity contribution in [2.75, 3.05) is 5.32 Å². The van der Waals surface area contributed by atoms with Crippen molar-refractivity contribution in [1.82, 2.24) is 20.4 Å². The van der Waals surface area contributed by atoms with Gasteiger partial charge in [0.05, 0.1) is 11.1 Å². The summed E-state index contributed by atoms with van der Waals surface area (Å²) in [4.78, 5) is 50.9. The summed E-state index contributed by atoms with van der Waals surface area (Å²) >= 11 is 0. The van der Waals surface area contributed by atoms with Crippen LogP contribution in [0.25, 0.3) is 0 Å². The normalized spacial score (nSPS) is 20.7. The molecule has 2 fully saturated rings. The Balaban J connectivity index is 0.921. The van der Waals surface area contributed by atoms with Gasteiger partial charge >= 0.3 is 0 Å². The minimum atomic E-state index is -0.982. The Morgan fingerprint density at radius 1 is 0.851 bits per heavy atom. The number of imide groups is 2. The van der Waals surface area contributed by atoms with Gasteiger partial charge in [0.1, 0.15) is 23.6 Å². The van der Waals surface area contributed by atoms with E-state index in [-0.39, 0.29) is 41.5 Å². The number of hydrogen-bond acceptors (Lipinski definition) is 9. The summed E-state index contributed by atoms with van der Waals surface area (Å²) in [7, 11) is 0. The number of piperidine rings is 1. The van der Waals surface area contributed by atoms with E-state index in [1.54, 1.807) is 36.5 Å². The molecule has 1 atom stereocenters. The lowest BCUT2D eigenvalue weighted by Gasteiger charge is -2.36. The lowest BCUT2D eigenvalue weighted by Crippen LogP contribution is -2.54. The van der Waals surface area contributed by atoms with E-state index in [0.717, 1.165) is 40.3 Å². The second-order valence-corrected chi connectivity index (χ2v) is 12.6. The van der Waals surface area contributed by atoms with Gasteiger partial charge in [-0.25, -0.2) is 0 Å². The highest BCUT2D eigenvalue weighted by molar-refractivity contribution is 6.23. The number of nitrogens with zero attached hydrogens (tertiary/aromatic N) is 3. The predicted octanol–water partition coefficient (Wildman–Crippen LogP) is 5.02. The van der Waals surface area contributed by atoms with E-state index >= 15 is 0 Å². The number of anilines is 1. The molecule has 7 rings (SSSR count). The Labute approximate surface area is 271 Å². The van der Waals surface area contributed by atoms with E-state index < -0.39 is 29.7 Å². The zero-order valence-electron chi connectivity index (χ0n) is 25.9. The standard InChI is InChI=1S/C36H33N5O6/c1-36(2,22-7-12-26(13-8-22)47-32-4-3-17-37-40-32)21-5-10-25(11-6-21)46-27-18-24(19-27)38-23-9-14-28-29(20-23)35(45)41(34(28)44)30-15-16-31(42)39-33(30)43/h3-14,17,20,24,27,30,38H,15-16,18-19H2,1-2H3,(H,39,42,43). The molecular formula is C36H33N5O6. The Morgan fingerprint density at radius 3 is 2.19 bits per heavy atom. The number of carbonyl (C=O) groups is 4. The fourth-order valence-electron chi connectivity index (χ4n) is 6.29. The van der Waals surface area contributed by atoms with E-state index in [0.29, 0.717) is 11.6 Å². The summed E-state index contributed by atoms with van der Waals surface area (Å²) in [5.74, 6) is -0.115. The number of hydrogen-bond donors (Lipinski definition) is 2. The summed E-state index contributed by atoms with van der Waals surface area (Å²) in [5, 5.41) is 13.4. The molecule has 3 heterocycles. The van der Waals surface area contributed by atoms with Crippen LogP contribution in [0, 0.1) is 0 Å². The smallest absolute Gasteiger partial charge is 0.262 e. The lowest BCUT2D eigenvalue weighted by molar-refractivity contribution is -0.136. The summed E-state index contributed by atoms with van der Waals surface area (Å²) < 4.78 is 12.0. The van der Waals surface area contributed by atoms with Gasteiger partial charge in [-0.15, -0.1) is 5.10 Å². The fraction of sp³-hybridized carbons (Fsp3) is 0.278. The first-order valence-corrected chi connectivity index (χ1v) is 15.6. The number of aromatic nitrogens is 2. The Morgan fingerprint density at radius 2 is 1.53 bits per heavy atom. The first-order chi connectivity index (χ1) is 22.7. The van der Waals surface area contributed by atoms with Gasteiger partial charge in [-0.1, -0.05) is 38.1 Å². The van der Waals surface area contributed by atoms with Crippen molar-refractivity contribution in [3.05, 3.63) is 107 Å². The van der Waals surface area contributed by atoms with Crippen molar-refractivity contribution in [1.29, 1.82) is 0 Å². The van der Waals surface area contributed by atoms with Gasteiger partial charge in [-0.3, -0.25) is 29.4 Å².